The van der Waals surface area contributed by atoms with E-state index in [1.807, 2.05) is 25.2 Å². The fraction of sp³-hybridized carbons (Fsp3) is 0.321. The van der Waals surface area contributed by atoms with Crippen LogP contribution in [0.25, 0.3) is 0 Å². The minimum Gasteiger partial charge on any atom is -0.504 e. The number of hydrogen-bond donors (Lipinski definition) is 1. The number of carbonyl (C=O) groups excluding carboxylic acids is 1. The van der Waals surface area contributed by atoms with Gasteiger partial charge >= 0.3 is 0 Å². The van der Waals surface area contributed by atoms with Crippen LogP contribution in [0.15, 0.2) is 60.7 Å². The van der Waals surface area contributed by atoms with Crippen LogP contribution in [0.2, 0.25) is 0 Å². The summed E-state index contributed by atoms with van der Waals surface area (Å²) in [5.41, 5.74) is 1.91. The van der Waals surface area contributed by atoms with Crippen LogP contribution < -0.4 is 19.1 Å². The highest BCUT2D eigenvalue weighted by atomic mass is 35.5. The number of nitrogens with zero attached hydrogens (tertiary/aromatic N) is 3. The number of phenols is 1. The number of anilines is 1. The average Bonchev–Trinajstić information content (AvgIpc) is 2.94. The minimum absolute atomic E-state index is 0. The average molecular weight is 560 g/mol. The zero-order valence-corrected chi connectivity index (χ0v) is 23.3. The minimum atomic E-state index is -0.505. The molecule has 0 saturated carbocycles. The summed E-state index contributed by atoms with van der Waals surface area (Å²) in [6.07, 6.45) is 1.49. The number of methoxy groups -OCH3 is 3. The monoisotopic (exact) mass is 559 g/mol. The summed E-state index contributed by atoms with van der Waals surface area (Å²) in [4.78, 5) is 27.7. The molecule has 11 heteroatoms. The summed E-state index contributed by atoms with van der Waals surface area (Å²) in [5, 5.41) is 21.0. The Morgan fingerprint density at radius 1 is 0.872 bits per heavy atom. The van der Waals surface area contributed by atoms with Gasteiger partial charge in [-0.3, -0.25) is 14.9 Å². The van der Waals surface area contributed by atoms with Gasteiger partial charge in [-0.1, -0.05) is 6.07 Å². The zero-order valence-electron chi connectivity index (χ0n) is 22.5. The summed E-state index contributed by atoms with van der Waals surface area (Å²) in [5.74, 6) is 1.29. The summed E-state index contributed by atoms with van der Waals surface area (Å²) in [7, 11) is 6.68. The van der Waals surface area contributed by atoms with Gasteiger partial charge in [0.25, 0.3) is 11.6 Å². The second kappa shape index (κ2) is 14.8. The van der Waals surface area contributed by atoms with Crippen LogP contribution in [0.5, 0.6) is 23.0 Å². The fourth-order valence-electron chi connectivity index (χ4n) is 4.03. The highest BCUT2D eigenvalue weighted by molar-refractivity contribution is 6.06. The molecule has 0 saturated heterocycles. The second-order valence-electron chi connectivity index (χ2n) is 8.71. The third kappa shape index (κ3) is 8.23. The number of non-ortho nitro benzene ring substituents is 1. The number of halogens is 1. The Morgan fingerprint density at radius 2 is 1.54 bits per heavy atom. The van der Waals surface area contributed by atoms with Crippen LogP contribution in [-0.4, -0.2) is 68.8 Å². The van der Waals surface area contributed by atoms with Gasteiger partial charge in [-0.05, 0) is 68.4 Å². The number of nitro benzene ring substituents is 1. The molecule has 0 fully saturated rings. The highest BCUT2D eigenvalue weighted by Crippen LogP contribution is 2.32. The van der Waals surface area contributed by atoms with Crippen molar-refractivity contribution >= 4 is 29.7 Å². The summed E-state index contributed by atoms with van der Waals surface area (Å²) in [6.45, 7) is 1.93. The summed E-state index contributed by atoms with van der Waals surface area (Å²) < 4.78 is 15.9. The van der Waals surface area contributed by atoms with E-state index in [9.17, 15) is 20.0 Å². The van der Waals surface area contributed by atoms with E-state index in [0.717, 1.165) is 25.1 Å². The van der Waals surface area contributed by atoms with E-state index in [1.165, 1.54) is 37.4 Å². The van der Waals surface area contributed by atoms with E-state index in [0.29, 0.717) is 35.7 Å². The maximum absolute atomic E-state index is 13.4. The molecule has 0 aromatic heterocycles. The molecule has 3 aromatic carbocycles. The first kappa shape index (κ1) is 31.2. The third-order valence-corrected chi connectivity index (χ3v) is 6.20. The maximum atomic E-state index is 13.4. The largest absolute Gasteiger partial charge is 0.504 e. The summed E-state index contributed by atoms with van der Waals surface area (Å²) in [6, 6.07) is 16.1. The topological polar surface area (TPSA) is 115 Å². The van der Waals surface area contributed by atoms with Gasteiger partial charge in [0.05, 0.1) is 26.3 Å². The number of phenolic OH excluding ortho intramolecular Hbond substituents is 1. The quantitative estimate of drug-likeness (QED) is 0.231. The molecule has 0 aliphatic carbocycles. The van der Waals surface area contributed by atoms with Crippen LogP contribution in [0.4, 0.5) is 11.4 Å². The number of carbonyl (C=O) groups is 1. The van der Waals surface area contributed by atoms with Crippen molar-refractivity contribution < 1.29 is 29.0 Å². The molecule has 3 aromatic rings. The van der Waals surface area contributed by atoms with Crippen LogP contribution in [0, 0.1) is 10.1 Å². The number of aromatic hydroxyl groups is 1. The molecule has 0 radical (unpaired) electrons. The Hall–Kier alpha value is -4.02. The summed E-state index contributed by atoms with van der Waals surface area (Å²) >= 11 is 0. The van der Waals surface area contributed by atoms with Crippen molar-refractivity contribution in [2.24, 2.45) is 0 Å². The Balaban J connectivity index is 0.00000533. The van der Waals surface area contributed by atoms with E-state index >= 15 is 0 Å². The number of benzene rings is 3. The first-order chi connectivity index (χ1) is 18.3. The van der Waals surface area contributed by atoms with Crippen molar-refractivity contribution in [3.8, 4) is 23.0 Å². The number of ether oxygens (including phenoxy) is 3. The first-order valence-corrected chi connectivity index (χ1v) is 12.1. The standard InChI is InChI=1S/C28H33N3O7.ClH/c1-29(17-14-20-6-13-25(36-2)27(18-20)38-4)15-5-16-30(23-11-12-24(32)26(19-23)37-3)28(33)21-7-9-22(10-8-21)31(34)35;/h6-13,18-19,32H,5,14-17H2,1-4H3;1H. The van der Waals surface area contributed by atoms with Gasteiger partial charge in [-0.15, -0.1) is 12.4 Å². The molecule has 0 atom stereocenters. The normalized spacial score (nSPS) is 10.5. The van der Waals surface area contributed by atoms with E-state index in [2.05, 4.69) is 4.90 Å². The van der Waals surface area contributed by atoms with E-state index in [-0.39, 0.29) is 35.5 Å². The number of hydrogen-bond acceptors (Lipinski definition) is 8. The zero-order chi connectivity index (χ0) is 27.7. The molecule has 0 aliphatic rings. The van der Waals surface area contributed by atoms with Crippen molar-refractivity contribution in [2.75, 3.05) is 52.9 Å². The molecule has 39 heavy (non-hydrogen) atoms. The molecule has 1 amide bonds. The lowest BCUT2D eigenvalue weighted by Gasteiger charge is -2.25. The van der Waals surface area contributed by atoms with Crippen molar-refractivity contribution in [2.45, 2.75) is 12.8 Å². The molecule has 0 unspecified atom stereocenters. The Kier molecular flexibility index (Phi) is 11.8. The molecular formula is C28H34ClN3O7. The number of amides is 1. The van der Waals surface area contributed by atoms with Gasteiger partial charge in [0.1, 0.15) is 0 Å². The predicted octanol–water partition coefficient (Wildman–Crippen LogP) is 4.96. The van der Waals surface area contributed by atoms with E-state index < -0.39 is 4.92 Å². The van der Waals surface area contributed by atoms with Crippen molar-refractivity contribution in [1.29, 1.82) is 0 Å². The van der Waals surface area contributed by atoms with Gasteiger partial charge in [-0.25, -0.2) is 0 Å². The molecule has 1 N–H and O–H groups in total. The van der Waals surface area contributed by atoms with E-state index in [1.54, 1.807) is 31.3 Å². The van der Waals surface area contributed by atoms with Crippen LogP contribution in [0.1, 0.15) is 22.3 Å². The van der Waals surface area contributed by atoms with Gasteiger partial charge in [0.15, 0.2) is 23.0 Å². The Morgan fingerprint density at radius 3 is 2.15 bits per heavy atom. The molecule has 0 aliphatic heterocycles. The lowest BCUT2D eigenvalue weighted by molar-refractivity contribution is -0.384. The van der Waals surface area contributed by atoms with Gasteiger partial charge < -0.3 is 29.1 Å². The molecular weight excluding hydrogens is 526 g/mol. The Labute approximate surface area is 234 Å². The third-order valence-electron chi connectivity index (χ3n) is 6.20. The Bertz CT molecular complexity index is 1250. The van der Waals surface area contributed by atoms with Gasteiger partial charge in [0, 0.05) is 42.5 Å². The number of nitro groups is 1. The van der Waals surface area contributed by atoms with Crippen LogP contribution in [-0.2, 0) is 6.42 Å². The lowest BCUT2D eigenvalue weighted by atomic mass is 10.1. The van der Waals surface area contributed by atoms with Gasteiger partial charge in [-0.2, -0.15) is 0 Å². The number of likely N-dealkylation sites (N-methyl/N-ethyl adjacent to an activating group) is 1. The molecule has 3 rings (SSSR count). The van der Waals surface area contributed by atoms with Crippen molar-refractivity contribution in [1.82, 2.24) is 4.90 Å². The fourth-order valence-corrected chi connectivity index (χ4v) is 4.03. The smallest absolute Gasteiger partial charge is 0.269 e. The van der Waals surface area contributed by atoms with Gasteiger partial charge in [0.2, 0.25) is 0 Å². The maximum Gasteiger partial charge on any atom is 0.269 e. The number of rotatable bonds is 13. The highest BCUT2D eigenvalue weighted by Gasteiger charge is 2.20. The van der Waals surface area contributed by atoms with Crippen molar-refractivity contribution in [3.63, 3.8) is 0 Å². The molecule has 0 spiro atoms. The van der Waals surface area contributed by atoms with E-state index in [4.69, 9.17) is 14.2 Å². The second-order valence-corrected chi connectivity index (χ2v) is 8.71. The first-order valence-electron chi connectivity index (χ1n) is 12.1. The SMILES string of the molecule is COc1cc(N(CCCN(C)CCc2ccc(OC)c(OC)c2)C(=O)c2ccc([N+](=O)[O-])cc2)ccc1O.Cl. The molecule has 210 valence electrons. The lowest BCUT2D eigenvalue weighted by Crippen LogP contribution is -2.34. The van der Waals surface area contributed by atoms with Crippen molar-refractivity contribution in [3.05, 3.63) is 81.9 Å². The molecule has 10 nitrogen and oxygen atoms in total. The molecule has 0 bridgehead atoms. The predicted molar refractivity (Wildman–Crippen MR) is 152 cm³/mol. The molecule has 0 heterocycles. The van der Waals surface area contributed by atoms with Crippen LogP contribution in [0.3, 0.4) is 0 Å². The van der Waals surface area contributed by atoms with Crippen LogP contribution >= 0.6 is 12.4 Å².